The number of amides is 2. The molecular formula is C25H19BrN2O3S2. The number of hydrazine groups is 1. The van der Waals surface area contributed by atoms with Crippen molar-refractivity contribution in [2.24, 2.45) is 0 Å². The molecule has 5 nitrogen and oxygen atoms in total. The number of thioether (sulfide) groups is 1. The second kappa shape index (κ2) is 10.3. The minimum atomic E-state index is -0.407. The van der Waals surface area contributed by atoms with Gasteiger partial charge in [0.1, 0.15) is 12.4 Å². The number of nitrogens with zero attached hydrogens (tertiary/aromatic N) is 1. The average Bonchev–Trinajstić information content (AvgIpc) is 3.07. The third-order valence-electron chi connectivity index (χ3n) is 4.82. The summed E-state index contributed by atoms with van der Waals surface area (Å²) in [4.78, 5) is 25.7. The van der Waals surface area contributed by atoms with E-state index in [2.05, 4.69) is 33.5 Å². The summed E-state index contributed by atoms with van der Waals surface area (Å²) in [5, 5.41) is 1.11. The van der Waals surface area contributed by atoms with Crippen molar-refractivity contribution >= 4 is 62.1 Å². The Hall–Kier alpha value is -2.94. The van der Waals surface area contributed by atoms with E-state index >= 15 is 0 Å². The third-order valence-corrected chi connectivity index (χ3v) is 6.65. The molecule has 0 saturated carbocycles. The topological polar surface area (TPSA) is 58.6 Å². The number of rotatable bonds is 6. The van der Waals surface area contributed by atoms with Crippen molar-refractivity contribution in [2.75, 3.05) is 0 Å². The largest absolute Gasteiger partial charge is 0.489 e. The van der Waals surface area contributed by atoms with Gasteiger partial charge in [-0.1, -0.05) is 69.7 Å². The first-order valence-electron chi connectivity index (χ1n) is 10.0. The molecule has 0 atom stereocenters. The number of nitrogens with one attached hydrogen (secondary N) is 1. The Bertz CT molecular complexity index is 1220. The second-order valence-corrected chi connectivity index (χ2v) is 9.90. The van der Waals surface area contributed by atoms with Crippen LogP contribution in [0.15, 0.2) is 82.2 Å². The predicted octanol–water partition coefficient (Wildman–Crippen LogP) is 5.88. The van der Waals surface area contributed by atoms with Crippen LogP contribution < -0.4 is 10.2 Å². The van der Waals surface area contributed by atoms with Crippen molar-refractivity contribution < 1.29 is 14.3 Å². The second-order valence-electron chi connectivity index (χ2n) is 7.31. The molecule has 33 heavy (non-hydrogen) atoms. The first-order chi connectivity index (χ1) is 15.9. The van der Waals surface area contributed by atoms with E-state index in [1.54, 1.807) is 30.3 Å². The minimum Gasteiger partial charge on any atom is -0.489 e. The molecule has 8 heteroatoms. The first-order valence-corrected chi connectivity index (χ1v) is 12.0. The van der Waals surface area contributed by atoms with Gasteiger partial charge < -0.3 is 4.74 Å². The Morgan fingerprint density at radius 3 is 2.39 bits per heavy atom. The van der Waals surface area contributed by atoms with Gasteiger partial charge in [0.05, 0.1) is 4.91 Å². The molecule has 1 N–H and O–H groups in total. The molecule has 166 valence electrons. The highest BCUT2D eigenvalue weighted by Crippen LogP contribution is 2.32. The summed E-state index contributed by atoms with van der Waals surface area (Å²) in [6, 6.07) is 22.5. The minimum absolute atomic E-state index is 0.273. The Balaban J connectivity index is 1.38. The fourth-order valence-corrected chi connectivity index (χ4v) is 4.44. The SMILES string of the molecule is Cc1ccc(COc2ccc(/C=C3\SC(=S)N(NC(=O)c4ccc(Br)cc4)C3=O)cc2)cc1. The zero-order chi connectivity index (χ0) is 23.4. The average molecular weight is 539 g/mol. The summed E-state index contributed by atoms with van der Waals surface area (Å²) in [5.74, 6) is -0.0349. The van der Waals surface area contributed by atoms with E-state index in [4.69, 9.17) is 17.0 Å². The van der Waals surface area contributed by atoms with Gasteiger partial charge in [-0.25, -0.2) is 0 Å². The van der Waals surface area contributed by atoms with Crippen molar-refractivity contribution in [1.82, 2.24) is 10.4 Å². The molecule has 0 bridgehead atoms. The number of hydrogen-bond acceptors (Lipinski definition) is 5. The number of halogens is 1. The lowest BCUT2D eigenvalue weighted by molar-refractivity contribution is -0.123. The maximum atomic E-state index is 12.8. The van der Waals surface area contributed by atoms with E-state index < -0.39 is 5.91 Å². The maximum Gasteiger partial charge on any atom is 0.285 e. The molecule has 1 heterocycles. The van der Waals surface area contributed by atoms with Gasteiger partial charge in [-0.2, -0.15) is 5.01 Å². The van der Waals surface area contributed by atoms with Gasteiger partial charge in [0.2, 0.25) is 0 Å². The smallest absolute Gasteiger partial charge is 0.285 e. The summed E-state index contributed by atoms with van der Waals surface area (Å²) in [6.45, 7) is 2.53. The van der Waals surface area contributed by atoms with Gasteiger partial charge in [0.15, 0.2) is 4.32 Å². The molecule has 0 unspecified atom stereocenters. The van der Waals surface area contributed by atoms with Gasteiger partial charge >= 0.3 is 0 Å². The molecule has 0 aliphatic carbocycles. The van der Waals surface area contributed by atoms with E-state index in [1.165, 1.54) is 5.56 Å². The normalized spacial score (nSPS) is 14.6. The lowest BCUT2D eigenvalue weighted by Gasteiger charge is -2.15. The van der Waals surface area contributed by atoms with E-state index in [0.29, 0.717) is 17.1 Å². The number of hydrogen-bond donors (Lipinski definition) is 1. The fourth-order valence-electron chi connectivity index (χ4n) is 2.99. The van der Waals surface area contributed by atoms with E-state index in [9.17, 15) is 9.59 Å². The van der Waals surface area contributed by atoms with Crippen LogP contribution in [0.1, 0.15) is 27.0 Å². The van der Waals surface area contributed by atoms with Crippen molar-refractivity contribution in [2.45, 2.75) is 13.5 Å². The highest BCUT2D eigenvalue weighted by molar-refractivity contribution is 9.10. The van der Waals surface area contributed by atoms with Crippen molar-refractivity contribution in [1.29, 1.82) is 0 Å². The lowest BCUT2D eigenvalue weighted by atomic mass is 10.1. The summed E-state index contributed by atoms with van der Waals surface area (Å²) < 4.78 is 6.97. The number of thiocarbonyl (C=S) groups is 1. The van der Waals surface area contributed by atoms with Crippen LogP contribution in [0.5, 0.6) is 5.75 Å². The van der Waals surface area contributed by atoms with E-state index in [-0.39, 0.29) is 10.2 Å². The Morgan fingerprint density at radius 1 is 1.06 bits per heavy atom. The molecule has 1 aliphatic heterocycles. The maximum absolute atomic E-state index is 12.8. The highest BCUT2D eigenvalue weighted by Gasteiger charge is 2.33. The fraction of sp³-hybridized carbons (Fsp3) is 0.0800. The number of carbonyl (C=O) groups is 2. The Morgan fingerprint density at radius 2 is 1.73 bits per heavy atom. The molecule has 0 radical (unpaired) electrons. The van der Waals surface area contributed by atoms with Gasteiger partial charge in [0.25, 0.3) is 11.8 Å². The zero-order valence-corrected chi connectivity index (χ0v) is 20.8. The molecule has 1 fully saturated rings. The van der Waals surface area contributed by atoms with Crippen LogP contribution >= 0.6 is 39.9 Å². The molecule has 2 amide bonds. The van der Waals surface area contributed by atoms with Crippen molar-refractivity contribution in [3.63, 3.8) is 0 Å². The van der Waals surface area contributed by atoms with Gasteiger partial charge in [0, 0.05) is 10.0 Å². The summed E-state index contributed by atoms with van der Waals surface area (Å²) in [6.07, 6.45) is 1.74. The molecule has 3 aromatic carbocycles. The summed E-state index contributed by atoms with van der Waals surface area (Å²) in [5.41, 5.74) is 6.15. The van der Waals surface area contributed by atoms with Gasteiger partial charge in [-0.3, -0.25) is 15.0 Å². The molecule has 0 spiro atoms. The molecule has 3 aromatic rings. The van der Waals surface area contributed by atoms with Crippen LogP contribution in [-0.2, 0) is 11.4 Å². The summed E-state index contributed by atoms with van der Waals surface area (Å²) in [7, 11) is 0. The third kappa shape index (κ3) is 5.90. The van der Waals surface area contributed by atoms with Crippen LogP contribution in [-0.4, -0.2) is 21.1 Å². The van der Waals surface area contributed by atoms with E-state index in [1.807, 2.05) is 43.3 Å². The Labute approximate surface area is 209 Å². The Kier molecular flexibility index (Phi) is 7.27. The highest BCUT2D eigenvalue weighted by atomic mass is 79.9. The van der Waals surface area contributed by atoms with Crippen LogP contribution in [0.25, 0.3) is 6.08 Å². The van der Waals surface area contributed by atoms with Crippen LogP contribution in [0.3, 0.4) is 0 Å². The van der Waals surface area contributed by atoms with Crippen molar-refractivity contribution in [3.8, 4) is 5.75 Å². The number of carbonyl (C=O) groups excluding carboxylic acids is 2. The summed E-state index contributed by atoms with van der Waals surface area (Å²) >= 11 is 9.77. The molecule has 4 rings (SSSR count). The quantitative estimate of drug-likeness (QED) is 0.313. The predicted molar refractivity (Wildman–Crippen MR) is 139 cm³/mol. The van der Waals surface area contributed by atoms with Crippen LogP contribution in [0, 0.1) is 6.92 Å². The van der Waals surface area contributed by atoms with E-state index in [0.717, 1.165) is 38.1 Å². The molecule has 1 aliphatic rings. The number of aryl methyl sites for hydroxylation is 1. The molecular weight excluding hydrogens is 520 g/mol. The first kappa shape index (κ1) is 23.2. The lowest BCUT2D eigenvalue weighted by Crippen LogP contribution is -2.44. The van der Waals surface area contributed by atoms with Crippen LogP contribution in [0.2, 0.25) is 0 Å². The van der Waals surface area contributed by atoms with Gasteiger partial charge in [-0.05, 0) is 72.7 Å². The molecule has 0 aromatic heterocycles. The van der Waals surface area contributed by atoms with Crippen LogP contribution in [0.4, 0.5) is 0 Å². The number of benzene rings is 3. The standard InChI is InChI=1S/C25H19BrN2O3S2/c1-16-2-4-18(5-3-16)15-31-21-12-6-17(7-13-21)14-22-24(30)28(25(32)33-22)27-23(29)19-8-10-20(26)11-9-19/h2-14H,15H2,1H3,(H,27,29)/b22-14-. The number of ether oxygens (including phenoxy) is 1. The van der Waals surface area contributed by atoms with Crippen molar-refractivity contribution in [3.05, 3.63) is 104 Å². The zero-order valence-electron chi connectivity index (χ0n) is 17.6. The molecule has 1 saturated heterocycles. The van der Waals surface area contributed by atoms with Gasteiger partial charge in [-0.15, -0.1) is 0 Å². The monoisotopic (exact) mass is 538 g/mol.